The van der Waals surface area contributed by atoms with Gasteiger partial charge < -0.3 is 19.3 Å². The van der Waals surface area contributed by atoms with E-state index < -0.39 is 0 Å². The molecule has 2 rings (SSSR count). The molecule has 0 unspecified atom stereocenters. The first kappa shape index (κ1) is 62.9. The highest BCUT2D eigenvalue weighted by atomic mass is 35.5. The zero-order valence-electron chi connectivity index (χ0n) is 37.7. The number of nitriles is 2. The molecule has 0 amide bonds. The minimum Gasteiger partial charge on any atom is -0.396 e. The molecule has 0 fully saturated rings. The van der Waals surface area contributed by atoms with Gasteiger partial charge in [0.05, 0.1) is 61.7 Å². The summed E-state index contributed by atoms with van der Waals surface area (Å²) in [6.45, 7) is 30.6. The lowest BCUT2D eigenvalue weighted by molar-refractivity contribution is 0.0833. The number of carbonyl (C=O) groups excluding carboxylic acids is 2. The van der Waals surface area contributed by atoms with Crippen molar-refractivity contribution in [1.29, 1.82) is 10.5 Å². The number of ether oxygens (including phenoxy) is 3. The second-order valence-corrected chi connectivity index (χ2v) is 19.9. The largest absolute Gasteiger partial charge is 0.396 e. The number of hydrogen-bond acceptors (Lipinski definition) is 11. The first-order valence-corrected chi connectivity index (χ1v) is 23.5. The number of hydrogen-bond donors (Lipinski definition) is 1. The average molecular weight is 906 g/mol. The van der Waals surface area contributed by atoms with Gasteiger partial charge in [-0.05, 0) is 76.3 Å². The highest BCUT2D eigenvalue weighted by molar-refractivity contribution is 8.14. The fourth-order valence-corrected chi connectivity index (χ4v) is 5.50. The van der Waals surface area contributed by atoms with Crippen LogP contribution in [0.3, 0.4) is 0 Å². The number of benzene rings is 2. The van der Waals surface area contributed by atoms with Crippen molar-refractivity contribution >= 4 is 68.7 Å². The molecule has 0 aliphatic rings. The van der Waals surface area contributed by atoms with E-state index in [1.165, 1.54) is 23.5 Å². The van der Waals surface area contributed by atoms with Gasteiger partial charge in [0, 0.05) is 46.4 Å². The maximum Gasteiger partial charge on any atom is 0.220 e. The number of nitrogens with zero attached hydrogens (tertiary/aromatic N) is 2. The minimum absolute atomic E-state index is 0.0565. The van der Waals surface area contributed by atoms with Gasteiger partial charge in [-0.3, -0.25) is 9.59 Å². The van der Waals surface area contributed by atoms with Gasteiger partial charge in [0.15, 0.2) is 0 Å². The molecule has 0 bridgehead atoms. The van der Waals surface area contributed by atoms with Gasteiger partial charge in [-0.2, -0.15) is 22.3 Å². The Bertz CT molecular complexity index is 1330. The molecular weight excluding hydrogens is 832 g/mol. The van der Waals surface area contributed by atoms with Crippen molar-refractivity contribution in [1.82, 2.24) is 0 Å². The second-order valence-electron chi connectivity index (χ2n) is 15.2. The van der Waals surface area contributed by atoms with Crippen LogP contribution in [0.4, 0.5) is 0 Å². The van der Waals surface area contributed by atoms with E-state index in [1.54, 1.807) is 18.2 Å². The predicted octanol–water partition coefficient (Wildman–Crippen LogP) is 13.3. The first-order chi connectivity index (χ1) is 27.0. The quantitative estimate of drug-likeness (QED) is 0.162. The molecule has 2 aromatic carbocycles. The van der Waals surface area contributed by atoms with Crippen molar-refractivity contribution in [2.75, 3.05) is 43.7 Å². The maximum absolute atomic E-state index is 11.8. The van der Waals surface area contributed by atoms with Crippen molar-refractivity contribution < 1.29 is 28.9 Å². The highest BCUT2D eigenvalue weighted by Gasteiger charge is 2.11. The Kier molecular flexibility index (Phi) is 45.5. The molecule has 332 valence electrons. The lowest BCUT2D eigenvalue weighted by Gasteiger charge is -2.11. The summed E-state index contributed by atoms with van der Waals surface area (Å²) in [5.41, 5.74) is 1.35. The Labute approximate surface area is 376 Å². The summed E-state index contributed by atoms with van der Waals surface area (Å²) in [5.74, 6) is 3.15. The zero-order chi connectivity index (χ0) is 45.5. The van der Waals surface area contributed by atoms with Crippen molar-refractivity contribution in [2.45, 2.75) is 133 Å². The molecule has 0 saturated carbocycles. The fourth-order valence-electron chi connectivity index (χ4n) is 2.91. The SMILES string of the molecule is CC(C)(C)CO.CC(C)C.CC(C)OCCC#N.CC(C)OCCSC(=O)c1ccc(Cl)cc1Cl.CC(C)OCCSC(=O)c1ccccc1.CC(C)SCCC#N. The van der Waals surface area contributed by atoms with Crippen molar-refractivity contribution in [3.63, 3.8) is 0 Å². The third-order valence-corrected chi connectivity index (χ3v) is 8.88. The number of rotatable bonds is 16. The van der Waals surface area contributed by atoms with Gasteiger partial charge in [0.1, 0.15) is 0 Å². The lowest BCUT2D eigenvalue weighted by Crippen LogP contribution is -2.09. The molecule has 8 nitrogen and oxygen atoms in total. The summed E-state index contributed by atoms with van der Waals surface area (Å²) in [4.78, 5) is 23.4. The molecule has 0 spiro atoms. The number of aliphatic hydroxyl groups is 1. The highest BCUT2D eigenvalue weighted by Crippen LogP contribution is 2.24. The van der Waals surface area contributed by atoms with E-state index in [0.717, 1.165) is 17.2 Å². The van der Waals surface area contributed by atoms with E-state index in [0.29, 0.717) is 65.0 Å². The Balaban J connectivity index is -0.000000323. The van der Waals surface area contributed by atoms with E-state index >= 15 is 0 Å². The Morgan fingerprint density at radius 1 is 0.690 bits per heavy atom. The summed E-state index contributed by atoms with van der Waals surface area (Å²) in [6.07, 6.45) is 1.85. The normalized spacial score (nSPS) is 10.3. The number of aliphatic hydroxyl groups excluding tert-OH is 1. The Morgan fingerprint density at radius 3 is 1.50 bits per heavy atom. The first-order valence-electron chi connectivity index (χ1n) is 19.7. The summed E-state index contributed by atoms with van der Waals surface area (Å²) in [6, 6.07) is 18.3. The van der Waals surface area contributed by atoms with Crippen LogP contribution in [0.5, 0.6) is 0 Å². The van der Waals surface area contributed by atoms with Crippen LogP contribution in [-0.2, 0) is 14.2 Å². The molecule has 0 aliphatic heterocycles. The molecule has 58 heavy (non-hydrogen) atoms. The van der Waals surface area contributed by atoms with E-state index in [2.05, 4.69) is 40.7 Å². The molecule has 13 heteroatoms. The Morgan fingerprint density at radius 2 is 1.12 bits per heavy atom. The number of halogens is 2. The van der Waals surface area contributed by atoms with Crippen LogP contribution < -0.4 is 0 Å². The van der Waals surface area contributed by atoms with Gasteiger partial charge in [-0.25, -0.2) is 0 Å². The van der Waals surface area contributed by atoms with Gasteiger partial charge in [0.25, 0.3) is 0 Å². The third-order valence-electron chi connectivity index (χ3n) is 5.50. The number of carbonyl (C=O) groups is 2. The molecule has 0 saturated heterocycles. The average Bonchev–Trinajstić information content (AvgIpc) is 3.12. The van der Waals surface area contributed by atoms with Crippen molar-refractivity contribution in [2.24, 2.45) is 11.3 Å². The summed E-state index contributed by atoms with van der Waals surface area (Å²) in [5, 5.41) is 26.2. The predicted molar refractivity (Wildman–Crippen MR) is 255 cm³/mol. The monoisotopic (exact) mass is 904 g/mol. The van der Waals surface area contributed by atoms with E-state index in [1.807, 2.05) is 110 Å². The summed E-state index contributed by atoms with van der Waals surface area (Å²) in [7, 11) is 0. The van der Waals surface area contributed by atoms with Crippen LogP contribution in [0.15, 0.2) is 48.5 Å². The van der Waals surface area contributed by atoms with Crippen LogP contribution in [0.2, 0.25) is 10.0 Å². The third kappa shape index (κ3) is 52.2. The van der Waals surface area contributed by atoms with E-state index in [9.17, 15) is 9.59 Å². The van der Waals surface area contributed by atoms with Gasteiger partial charge in [-0.15, -0.1) is 0 Å². The van der Waals surface area contributed by atoms with Crippen molar-refractivity contribution in [3.8, 4) is 12.1 Å². The van der Waals surface area contributed by atoms with Gasteiger partial charge >= 0.3 is 0 Å². The standard InChI is InChI=1S/C12H14Cl2O2S.C12H16O2S.C6H11NO.C6H11NS.C5H12O.C4H10/c1-8(2)16-5-6-17-12(15)10-4-3-9(13)7-11(10)14;1-10(2)14-8-9-15-12(13)11-6-4-3-5-7-11;2*1-6(2)8-5-3-4-7;1-5(2,3)4-6;1-4(2)3/h3-4,7-8H,5-6H2,1-2H3;3-7,10H,8-9H2,1-2H3;2*6H,3,5H2,1-2H3;6H,4H2,1-3H3;4H,1-3H3. The molecule has 2 aromatic rings. The van der Waals surface area contributed by atoms with Crippen molar-refractivity contribution in [3.05, 3.63) is 69.7 Å². The van der Waals surface area contributed by atoms with E-state index in [-0.39, 0.29) is 40.6 Å². The molecule has 0 aromatic heterocycles. The summed E-state index contributed by atoms with van der Waals surface area (Å²) >= 11 is 16.0. The zero-order valence-corrected chi connectivity index (χ0v) is 41.7. The van der Waals surface area contributed by atoms with E-state index in [4.69, 9.17) is 53.0 Å². The topological polar surface area (TPSA) is 130 Å². The maximum atomic E-state index is 11.8. The second kappa shape index (κ2) is 41.9. The minimum atomic E-state index is -0.0565. The van der Waals surface area contributed by atoms with Crippen LogP contribution in [0.1, 0.15) is 130 Å². The molecule has 0 aliphatic carbocycles. The van der Waals surface area contributed by atoms with Gasteiger partial charge in [0.2, 0.25) is 10.2 Å². The lowest BCUT2D eigenvalue weighted by atomic mass is 9.99. The van der Waals surface area contributed by atoms with Gasteiger partial charge in [-0.1, -0.05) is 132 Å². The molecular formula is C45H74Cl2N2O6S3. The molecule has 1 N–H and O–H groups in total. The smallest absolute Gasteiger partial charge is 0.220 e. The van der Waals surface area contributed by atoms with Crippen LogP contribution >= 0.6 is 58.5 Å². The Hall–Kier alpha value is -1.77. The van der Waals surface area contributed by atoms with Crippen LogP contribution in [-0.4, -0.2) is 82.6 Å². The van der Waals surface area contributed by atoms with Crippen LogP contribution in [0.25, 0.3) is 0 Å². The molecule has 0 heterocycles. The summed E-state index contributed by atoms with van der Waals surface area (Å²) < 4.78 is 15.8. The molecule has 0 radical (unpaired) electrons. The molecule has 0 atom stereocenters. The fraction of sp³-hybridized carbons (Fsp3) is 0.644. The number of thioether (sulfide) groups is 3. The van der Waals surface area contributed by atoms with Crippen LogP contribution in [0, 0.1) is 34.0 Å².